The number of hydrogen-bond acceptors (Lipinski definition) is 3. The van der Waals surface area contributed by atoms with Gasteiger partial charge in [0.1, 0.15) is 0 Å². The lowest BCUT2D eigenvalue weighted by molar-refractivity contribution is -0.113. The van der Waals surface area contributed by atoms with E-state index in [1.165, 1.54) is 11.8 Å². The van der Waals surface area contributed by atoms with E-state index in [1.807, 2.05) is 31.2 Å². The summed E-state index contributed by atoms with van der Waals surface area (Å²) in [6.45, 7) is 1.98. The van der Waals surface area contributed by atoms with Gasteiger partial charge in [0.25, 0.3) is 0 Å². The molecule has 110 valence electrons. The fourth-order valence-electron chi connectivity index (χ4n) is 1.70. The van der Waals surface area contributed by atoms with Crippen molar-refractivity contribution >= 4 is 63.2 Å². The molecule has 0 heterocycles. The SMILES string of the molecule is Cc1cc(I)ccc1NC(=O)CSc1ccc(N)c(Cl)c1. The molecule has 0 aliphatic carbocycles. The summed E-state index contributed by atoms with van der Waals surface area (Å²) in [4.78, 5) is 12.9. The van der Waals surface area contributed by atoms with E-state index in [0.29, 0.717) is 16.5 Å². The first-order valence-electron chi connectivity index (χ1n) is 6.19. The zero-order valence-corrected chi connectivity index (χ0v) is 15.1. The molecule has 3 N–H and O–H groups in total. The second-order valence-electron chi connectivity index (χ2n) is 4.48. The maximum Gasteiger partial charge on any atom is 0.234 e. The van der Waals surface area contributed by atoms with E-state index in [9.17, 15) is 4.79 Å². The summed E-state index contributed by atoms with van der Waals surface area (Å²) in [5.41, 5.74) is 8.09. The zero-order chi connectivity index (χ0) is 15.4. The van der Waals surface area contributed by atoms with Crippen LogP contribution in [0.1, 0.15) is 5.56 Å². The second kappa shape index (κ2) is 7.38. The summed E-state index contributed by atoms with van der Waals surface area (Å²) < 4.78 is 1.15. The third-order valence-corrected chi connectivity index (χ3v) is 4.80. The van der Waals surface area contributed by atoms with Crippen LogP contribution in [-0.2, 0) is 4.79 Å². The van der Waals surface area contributed by atoms with Crippen molar-refractivity contribution in [1.29, 1.82) is 0 Å². The van der Waals surface area contributed by atoms with Crippen LogP contribution in [0.4, 0.5) is 11.4 Å². The van der Waals surface area contributed by atoms with Crippen LogP contribution < -0.4 is 11.1 Å². The predicted octanol–water partition coefficient (Wildman–Crippen LogP) is 4.57. The molecule has 0 aliphatic rings. The Kier molecular flexibility index (Phi) is 5.78. The highest BCUT2D eigenvalue weighted by Gasteiger charge is 2.07. The van der Waals surface area contributed by atoms with Crippen molar-refractivity contribution in [1.82, 2.24) is 0 Å². The van der Waals surface area contributed by atoms with Gasteiger partial charge >= 0.3 is 0 Å². The Morgan fingerprint density at radius 1 is 1.33 bits per heavy atom. The van der Waals surface area contributed by atoms with Crippen LogP contribution >= 0.6 is 46.0 Å². The Morgan fingerprint density at radius 2 is 2.10 bits per heavy atom. The largest absolute Gasteiger partial charge is 0.398 e. The van der Waals surface area contributed by atoms with Crippen molar-refractivity contribution < 1.29 is 4.79 Å². The van der Waals surface area contributed by atoms with Crippen molar-refractivity contribution in [3.8, 4) is 0 Å². The van der Waals surface area contributed by atoms with E-state index >= 15 is 0 Å². The van der Waals surface area contributed by atoms with Crippen LogP contribution in [0.15, 0.2) is 41.3 Å². The number of carbonyl (C=O) groups excluding carboxylic acids is 1. The molecule has 3 nitrogen and oxygen atoms in total. The minimum atomic E-state index is -0.0442. The average Bonchev–Trinajstić information content (AvgIpc) is 2.43. The first kappa shape index (κ1) is 16.5. The highest BCUT2D eigenvalue weighted by Crippen LogP contribution is 2.26. The van der Waals surface area contributed by atoms with Crippen molar-refractivity contribution in [2.24, 2.45) is 0 Å². The Hall–Kier alpha value is -0.920. The lowest BCUT2D eigenvalue weighted by Gasteiger charge is -2.09. The van der Waals surface area contributed by atoms with Gasteiger partial charge in [-0.3, -0.25) is 4.79 Å². The third-order valence-electron chi connectivity index (χ3n) is 2.80. The number of aryl methyl sites for hydroxylation is 1. The molecule has 0 aromatic heterocycles. The molecular formula is C15H14ClIN2OS. The van der Waals surface area contributed by atoms with E-state index in [4.69, 9.17) is 17.3 Å². The molecule has 0 spiro atoms. The first-order chi connectivity index (χ1) is 9.95. The number of nitrogens with two attached hydrogens (primary N) is 1. The summed E-state index contributed by atoms with van der Waals surface area (Å²) in [6, 6.07) is 11.3. The highest BCUT2D eigenvalue weighted by atomic mass is 127. The summed E-state index contributed by atoms with van der Waals surface area (Å²) in [7, 11) is 0. The van der Waals surface area contributed by atoms with Crippen LogP contribution in [0.3, 0.4) is 0 Å². The number of nitrogen functional groups attached to an aromatic ring is 1. The number of hydrogen-bond donors (Lipinski definition) is 2. The van der Waals surface area contributed by atoms with E-state index in [0.717, 1.165) is 19.7 Å². The topological polar surface area (TPSA) is 55.1 Å². The minimum Gasteiger partial charge on any atom is -0.398 e. The molecule has 0 radical (unpaired) electrons. The van der Waals surface area contributed by atoms with Gasteiger partial charge in [0.15, 0.2) is 0 Å². The molecule has 0 atom stereocenters. The van der Waals surface area contributed by atoms with Crippen LogP contribution in [0, 0.1) is 10.5 Å². The van der Waals surface area contributed by atoms with E-state index in [2.05, 4.69) is 27.9 Å². The molecule has 2 rings (SSSR count). The summed E-state index contributed by atoms with van der Waals surface area (Å²) in [6.07, 6.45) is 0. The normalized spacial score (nSPS) is 10.4. The fourth-order valence-corrected chi connectivity index (χ4v) is 3.33. The number of nitrogens with one attached hydrogen (secondary N) is 1. The van der Waals surface area contributed by atoms with E-state index < -0.39 is 0 Å². The monoisotopic (exact) mass is 432 g/mol. The van der Waals surface area contributed by atoms with E-state index in [1.54, 1.807) is 12.1 Å². The Bertz CT molecular complexity index is 679. The molecule has 2 aromatic carbocycles. The standard InChI is InChI=1S/C15H14ClIN2OS/c1-9-6-10(17)2-5-14(9)19-15(20)8-21-11-3-4-13(18)12(16)7-11/h2-7H,8,18H2,1H3,(H,19,20). The predicted molar refractivity (Wildman–Crippen MR) is 99.1 cm³/mol. The molecule has 0 unspecified atom stereocenters. The van der Waals surface area contributed by atoms with Crippen molar-refractivity contribution in [2.75, 3.05) is 16.8 Å². The molecule has 6 heteroatoms. The minimum absolute atomic E-state index is 0.0442. The van der Waals surface area contributed by atoms with Gasteiger partial charge in [0.05, 0.1) is 16.5 Å². The maximum atomic E-state index is 12.0. The molecule has 2 aromatic rings. The van der Waals surface area contributed by atoms with Crippen LogP contribution in [0.25, 0.3) is 0 Å². The lowest BCUT2D eigenvalue weighted by atomic mass is 10.2. The average molecular weight is 433 g/mol. The molecule has 1 amide bonds. The molecule has 0 saturated carbocycles. The maximum absolute atomic E-state index is 12.0. The number of benzene rings is 2. The third kappa shape index (κ3) is 4.79. The van der Waals surface area contributed by atoms with Crippen molar-refractivity contribution in [3.05, 3.63) is 50.6 Å². The summed E-state index contributed by atoms with van der Waals surface area (Å²) in [5.74, 6) is 0.281. The molecule has 0 fully saturated rings. The van der Waals surface area contributed by atoms with Gasteiger partial charge < -0.3 is 11.1 Å². The Balaban J connectivity index is 1.94. The molecular weight excluding hydrogens is 419 g/mol. The lowest BCUT2D eigenvalue weighted by Crippen LogP contribution is -2.14. The van der Waals surface area contributed by atoms with Gasteiger partial charge in [0, 0.05) is 14.2 Å². The van der Waals surface area contributed by atoms with Gasteiger partial charge in [-0.2, -0.15) is 0 Å². The van der Waals surface area contributed by atoms with Gasteiger partial charge in [-0.05, 0) is 71.5 Å². The van der Waals surface area contributed by atoms with Crippen molar-refractivity contribution in [2.45, 2.75) is 11.8 Å². The Labute approximate surface area is 146 Å². The molecule has 21 heavy (non-hydrogen) atoms. The van der Waals surface area contributed by atoms with Gasteiger partial charge in [0.2, 0.25) is 5.91 Å². The molecule has 0 bridgehead atoms. The van der Waals surface area contributed by atoms with Crippen LogP contribution in [-0.4, -0.2) is 11.7 Å². The second-order valence-corrected chi connectivity index (χ2v) is 7.18. The quantitative estimate of drug-likeness (QED) is 0.423. The first-order valence-corrected chi connectivity index (χ1v) is 8.64. The number of rotatable bonds is 4. The number of halogens is 2. The molecule has 0 aliphatic heterocycles. The highest BCUT2D eigenvalue weighted by molar-refractivity contribution is 14.1. The smallest absolute Gasteiger partial charge is 0.234 e. The zero-order valence-electron chi connectivity index (χ0n) is 11.3. The van der Waals surface area contributed by atoms with Crippen LogP contribution in [0.2, 0.25) is 5.02 Å². The van der Waals surface area contributed by atoms with E-state index in [-0.39, 0.29) is 5.91 Å². The Morgan fingerprint density at radius 3 is 2.76 bits per heavy atom. The number of carbonyl (C=O) groups is 1. The number of anilines is 2. The van der Waals surface area contributed by atoms with Crippen LogP contribution in [0.5, 0.6) is 0 Å². The molecule has 0 saturated heterocycles. The van der Waals surface area contributed by atoms with Gasteiger partial charge in [-0.15, -0.1) is 11.8 Å². The van der Waals surface area contributed by atoms with Gasteiger partial charge in [-0.1, -0.05) is 11.6 Å². The summed E-state index contributed by atoms with van der Waals surface area (Å²) in [5, 5.41) is 3.42. The summed E-state index contributed by atoms with van der Waals surface area (Å²) >= 11 is 9.63. The van der Waals surface area contributed by atoms with Crippen molar-refractivity contribution in [3.63, 3.8) is 0 Å². The number of thioether (sulfide) groups is 1. The fraction of sp³-hybridized carbons (Fsp3) is 0.133. The number of amides is 1. The van der Waals surface area contributed by atoms with Gasteiger partial charge in [-0.25, -0.2) is 0 Å².